The summed E-state index contributed by atoms with van der Waals surface area (Å²) in [6, 6.07) is 15.3. The molecule has 0 spiro atoms. The molecule has 2 aromatic rings. The van der Waals surface area contributed by atoms with Gasteiger partial charge in [0.25, 0.3) is 5.91 Å². The molecule has 2 fully saturated rings. The molecule has 1 aromatic heterocycles. The van der Waals surface area contributed by atoms with E-state index in [-0.39, 0.29) is 11.9 Å². The highest BCUT2D eigenvalue weighted by Gasteiger charge is 2.27. The molecule has 138 valence electrons. The number of nitrogens with one attached hydrogen (secondary N) is 1. The Hall–Kier alpha value is -2.07. The van der Waals surface area contributed by atoms with Crippen LogP contribution in [-0.2, 0) is 0 Å². The van der Waals surface area contributed by atoms with Gasteiger partial charge in [-0.05, 0) is 56.5 Å². The molecule has 1 saturated carbocycles. The Morgan fingerprint density at radius 1 is 1.00 bits per heavy atom. The van der Waals surface area contributed by atoms with Gasteiger partial charge in [-0.15, -0.1) is 0 Å². The third kappa shape index (κ3) is 4.01. The smallest absolute Gasteiger partial charge is 0.267 e. The van der Waals surface area contributed by atoms with Gasteiger partial charge in [0.05, 0.1) is 6.04 Å². The van der Waals surface area contributed by atoms with Crippen molar-refractivity contribution in [3.63, 3.8) is 0 Å². The maximum Gasteiger partial charge on any atom is 0.267 e. The van der Waals surface area contributed by atoms with Crippen molar-refractivity contribution in [3.05, 3.63) is 59.9 Å². The summed E-state index contributed by atoms with van der Waals surface area (Å²) < 4.78 is 2.14. The molecule has 4 heteroatoms. The molecule has 4 rings (SSSR count). The summed E-state index contributed by atoms with van der Waals surface area (Å²) >= 11 is 0. The minimum Gasteiger partial charge on any atom is -0.349 e. The van der Waals surface area contributed by atoms with E-state index in [9.17, 15) is 4.79 Å². The molecular weight excluding hydrogens is 322 g/mol. The standard InChI is InChI=1S/C22H29N3O/c26-22(20-11-8-16-25(20)19-12-13-19)23-17-21(18-9-4-3-5-10-18)24-14-6-1-2-7-15-24/h3-5,8-11,16,19,21H,1-2,6-7,12-15,17H2,(H,23,26)/t21-/m0/s1. The number of carbonyl (C=O) groups excluding carboxylic acids is 1. The van der Waals surface area contributed by atoms with E-state index in [1.807, 2.05) is 18.3 Å². The molecule has 0 unspecified atom stereocenters. The lowest BCUT2D eigenvalue weighted by Gasteiger charge is -2.31. The van der Waals surface area contributed by atoms with Crippen LogP contribution in [0.15, 0.2) is 48.7 Å². The summed E-state index contributed by atoms with van der Waals surface area (Å²) in [4.78, 5) is 15.4. The van der Waals surface area contributed by atoms with Crippen molar-refractivity contribution >= 4 is 5.91 Å². The largest absolute Gasteiger partial charge is 0.349 e. The molecular formula is C22H29N3O. The van der Waals surface area contributed by atoms with Crippen LogP contribution in [0.5, 0.6) is 0 Å². The number of aromatic nitrogens is 1. The molecule has 1 saturated heterocycles. The van der Waals surface area contributed by atoms with Crippen LogP contribution in [0, 0.1) is 0 Å². The topological polar surface area (TPSA) is 37.3 Å². The van der Waals surface area contributed by atoms with Gasteiger partial charge in [0.15, 0.2) is 0 Å². The van der Waals surface area contributed by atoms with Crippen molar-refractivity contribution in [3.8, 4) is 0 Å². The Morgan fingerprint density at radius 3 is 2.42 bits per heavy atom. The van der Waals surface area contributed by atoms with Crippen LogP contribution in [0.3, 0.4) is 0 Å². The molecule has 26 heavy (non-hydrogen) atoms. The van der Waals surface area contributed by atoms with E-state index >= 15 is 0 Å². The quantitative estimate of drug-likeness (QED) is 0.848. The Morgan fingerprint density at radius 2 is 1.73 bits per heavy atom. The van der Waals surface area contributed by atoms with Crippen LogP contribution < -0.4 is 5.32 Å². The molecule has 1 amide bonds. The molecule has 1 aromatic carbocycles. The molecule has 1 N–H and O–H groups in total. The van der Waals surface area contributed by atoms with Crippen molar-refractivity contribution in [1.82, 2.24) is 14.8 Å². The first-order valence-electron chi connectivity index (χ1n) is 10.1. The Balaban J connectivity index is 1.47. The van der Waals surface area contributed by atoms with Crippen LogP contribution in [0.2, 0.25) is 0 Å². The van der Waals surface area contributed by atoms with Gasteiger partial charge in [0, 0.05) is 18.8 Å². The lowest BCUT2D eigenvalue weighted by molar-refractivity contribution is 0.0923. The van der Waals surface area contributed by atoms with Gasteiger partial charge in [-0.3, -0.25) is 9.69 Å². The monoisotopic (exact) mass is 351 g/mol. The molecule has 0 bridgehead atoms. The normalized spacial score (nSPS) is 19.7. The lowest BCUT2D eigenvalue weighted by Crippen LogP contribution is -2.39. The number of amides is 1. The van der Waals surface area contributed by atoms with Crippen LogP contribution in [-0.4, -0.2) is 35.0 Å². The number of hydrogen-bond acceptors (Lipinski definition) is 2. The van der Waals surface area contributed by atoms with E-state index in [4.69, 9.17) is 0 Å². The van der Waals surface area contributed by atoms with E-state index < -0.39 is 0 Å². The lowest BCUT2D eigenvalue weighted by atomic mass is 10.0. The highest BCUT2D eigenvalue weighted by Crippen LogP contribution is 2.36. The fourth-order valence-electron chi connectivity index (χ4n) is 4.08. The first-order chi connectivity index (χ1) is 12.8. The fourth-order valence-corrected chi connectivity index (χ4v) is 4.08. The van der Waals surface area contributed by atoms with Crippen molar-refractivity contribution in [2.75, 3.05) is 19.6 Å². The zero-order valence-electron chi connectivity index (χ0n) is 15.4. The minimum absolute atomic E-state index is 0.0534. The third-order valence-corrected chi connectivity index (χ3v) is 5.67. The molecule has 2 heterocycles. The number of benzene rings is 1. The van der Waals surface area contributed by atoms with Crippen LogP contribution in [0.25, 0.3) is 0 Å². The third-order valence-electron chi connectivity index (χ3n) is 5.67. The predicted molar refractivity (Wildman–Crippen MR) is 104 cm³/mol. The number of rotatable bonds is 6. The van der Waals surface area contributed by atoms with E-state index in [0.29, 0.717) is 12.6 Å². The summed E-state index contributed by atoms with van der Waals surface area (Å²) in [5, 5.41) is 3.22. The summed E-state index contributed by atoms with van der Waals surface area (Å²) in [6.45, 7) is 2.90. The number of likely N-dealkylation sites (tertiary alicyclic amines) is 1. The second-order valence-corrected chi connectivity index (χ2v) is 7.62. The number of hydrogen-bond donors (Lipinski definition) is 1. The first-order valence-corrected chi connectivity index (χ1v) is 10.1. The number of carbonyl (C=O) groups is 1. The van der Waals surface area contributed by atoms with Gasteiger partial charge < -0.3 is 9.88 Å². The summed E-state index contributed by atoms with van der Waals surface area (Å²) in [5.41, 5.74) is 2.10. The average molecular weight is 351 g/mol. The van der Waals surface area contributed by atoms with Gasteiger partial charge in [0.1, 0.15) is 5.69 Å². The van der Waals surface area contributed by atoms with Crippen molar-refractivity contribution < 1.29 is 4.79 Å². The SMILES string of the molecule is O=C(NC[C@@H](c1ccccc1)N1CCCCCC1)c1cccn1C1CC1. The average Bonchev–Trinajstić information content (AvgIpc) is 3.46. The van der Waals surface area contributed by atoms with E-state index in [2.05, 4.69) is 45.1 Å². The Kier molecular flexibility index (Phi) is 5.40. The van der Waals surface area contributed by atoms with Crippen LogP contribution in [0.4, 0.5) is 0 Å². The maximum absolute atomic E-state index is 12.8. The molecule has 4 nitrogen and oxygen atoms in total. The van der Waals surface area contributed by atoms with E-state index in [0.717, 1.165) is 18.8 Å². The highest BCUT2D eigenvalue weighted by molar-refractivity contribution is 5.92. The molecule has 1 atom stereocenters. The van der Waals surface area contributed by atoms with Gasteiger partial charge >= 0.3 is 0 Å². The second kappa shape index (κ2) is 8.09. The molecule has 0 radical (unpaired) electrons. The summed E-state index contributed by atoms with van der Waals surface area (Å²) in [7, 11) is 0. The Bertz CT molecular complexity index is 712. The van der Waals surface area contributed by atoms with E-state index in [1.165, 1.54) is 44.1 Å². The zero-order chi connectivity index (χ0) is 17.8. The molecule has 1 aliphatic heterocycles. The van der Waals surface area contributed by atoms with Crippen LogP contribution >= 0.6 is 0 Å². The minimum atomic E-state index is 0.0534. The fraction of sp³-hybridized carbons (Fsp3) is 0.500. The van der Waals surface area contributed by atoms with Crippen LogP contribution in [0.1, 0.15) is 66.7 Å². The number of nitrogens with zero attached hydrogens (tertiary/aromatic N) is 2. The van der Waals surface area contributed by atoms with Crippen molar-refractivity contribution in [1.29, 1.82) is 0 Å². The Labute approximate surface area is 156 Å². The summed E-state index contributed by atoms with van der Waals surface area (Å²) in [6.07, 6.45) is 9.56. The van der Waals surface area contributed by atoms with Gasteiger partial charge in [-0.1, -0.05) is 43.2 Å². The van der Waals surface area contributed by atoms with Gasteiger partial charge in [-0.2, -0.15) is 0 Å². The van der Waals surface area contributed by atoms with Crippen molar-refractivity contribution in [2.45, 2.75) is 50.6 Å². The molecule has 1 aliphatic carbocycles. The highest BCUT2D eigenvalue weighted by atomic mass is 16.1. The summed E-state index contributed by atoms with van der Waals surface area (Å²) in [5.74, 6) is 0.0534. The van der Waals surface area contributed by atoms with Gasteiger partial charge in [0.2, 0.25) is 0 Å². The molecule has 2 aliphatic rings. The van der Waals surface area contributed by atoms with Gasteiger partial charge in [-0.25, -0.2) is 0 Å². The predicted octanol–water partition coefficient (Wildman–Crippen LogP) is 4.17. The second-order valence-electron chi connectivity index (χ2n) is 7.62. The first kappa shape index (κ1) is 17.3. The maximum atomic E-state index is 12.8. The van der Waals surface area contributed by atoms with Crippen molar-refractivity contribution in [2.24, 2.45) is 0 Å². The van der Waals surface area contributed by atoms with E-state index in [1.54, 1.807) is 0 Å². The zero-order valence-corrected chi connectivity index (χ0v) is 15.4.